The van der Waals surface area contributed by atoms with Crippen LogP contribution in [-0.2, 0) is 0 Å². The highest BCUT2D eigenvalue weighted by Crippen LogP contribution is 2.31. The fourth-order valence-electron chi connectivity index (χ4n) is 3.35. The Hall–Kier alpha value is -1.88. The summed E-state index contributed by atoms with van der Waals surface area (Å²) in [6.07, 6.45) is 4.00. The number of piperidine rings is 1. The summed E-state index contributed by atoms with van der Waals surface area (Å²) in [5.74, 6) is 0.632. The van der Waals surface area contributed by atoms with Gasteiger partial charge in [0.05, 0.1) is 11.7 Å². The second-order valence-corrected chi connectivity index (χ2v) is 5.59. The normalized spacial score (nSPS) is 28.9. The fourth-order valence-corrected chi connectivity index (χ4v) is 3.35. The van der Waals surface area contributed by atoms with Crippen molar-refractivity contribution in [1.82, 2.24) is 20.8 Å². The predicted octanol–water partition coefficient (Wildman–Crippen LogP) is 1.04. The topological polar surface area (TPSA) is 69.8 Å². The molecule has 2 aliphatic rings. The Morgan fingerprint density at radius 3 is 3.11 bits per heavy atom. The number of nitrogens with one attached hydrogen (secondary N) is 3. The Morgan fingerprint density at radius 1 is 1.37 bits per heavy atom. The maximum absolute atomic E-state index is 12.3. The molecular formula is C14H16N4O. The van der Waals surface area contributed by atoms with Gasteiger partial charge >= 0.3 is 0 Å². The molecule has 1 saturated carbocycles. The Morgan fingerprint density at radius 2 is 2.32 bits per heavy atom. The summed E-state index contributed by atoms with van der Waals surface area (Å²) in [6, 6.07) is 6.58. The molecule has 0 radical (unpaired) electrons. The van der Waals surface area contributed by atoms with E-state index in [0.29, 0.717) is 23.6 Å². The Balaban J connectivity index is 1.53. The third-order valence-corrected chi connectivity index (χ3v) is 4.38. The lowest BCUT2D eigenvalue weighted by Crippen LogP contribution is -2.44. The number of carbonyl (C=O) groups is 1. The number of amides is 1. The van der Waals surface area contributed by atoms with E-state index in [1.165, 1.54) is 6.42 Å². The molecule has 3 atom stereocenters. The highest BCUT2D eigenvalue weighted by molar-refractivity contribution is 5.98. The number of aromatic amines is 1. The first-order valence-electron chi connectivity index (χ1n) is 6.77. The number of hydrogen-bond donors (Lipinski definition) is 3. The number of carbonyl (C=O) groups excluding carboxylic acids is 1. The molecule has 0 spiro atoms. The van der Waals surface area contributed by atoms with E-state index >= 15 is 0 Å². The van der Waals surface area contributed by atoms with Crippen molar-refractivity contribution in [2.75, 3.05) is 6.54 Å². The number of aromatic nitrogens is 2. The molecule has 2 bridgehead atoms. The monoisotopic (exact) mass is 256 g/mol. The molecule has 5 heteroatoms. The largest absolute Gasteiger partial charge is 0.349 e. The van der Waals surface area contributed by atoms with E-state index in [2.05, 4.69) is 20.8 Å². The molecule has 98 valence electrons. The van der Waals surface area contributed by atoms with Gasteiger partial charge < -0.3 is 10.6 Å². The summed E-state index contributed by atoms with van der Waals surface area (Å²) in [5.41, 5.74) is 1.67. The fraction of sp³-hybridized carbons (Fsp3) is 0.429. The van der Waals surface area contributed by atoms with E-state index in [0.717, 1.165) is 23.9 Å². The summed E-state index contributed by atoms with van der Waals surface area (Å²) in [6.45, 7) is 1.04. The molecule has 5 nitrogen and oxygen atoms in total. The molecule has 1 saturated heterocycles. The first-order valence-corrected chi connectivity index (χ1v) is 6.77. The van der Waals surface area contributed by atoms with Crippen LogP contribution in [0.2, 0.25) is 0 Å². The van der Waals surface area contributed by atoms with Crippen LogP contribution in [0.5, 0.6) is 0 Å². The average molecular weight is 256 g/mol. The zero-order valence-electron chi connectivity index (χ0n) is 10.5. The van der Waals surface area contributed by atoms with E-state index < -0.39 is 0 Å². The van der Waals surface area contributed by atoms with Gasteiger partial charge in [0.25, 0.3) is 5.91 Å². The minimum Gasteiger partial charge on any atom is -0.349 e. The molecule has 1 aromatic heterocycles. The van der Waals surface area contributed by atoms with E-state index in [1.807, 2.05) is 18.2 Å². The van der Waals surface area contributed by atoms with Gasteiger partial charge in [0.2, 0.25) is 0 Å². The highest BCUT2D eigenvalue weighted by Gasteiger charge is 2.40. The molecule has 3 unspecified atom stereocenters. The van der Waals surface area contributed by atoms with E-state index in [9.17, 15) is 4.79 Å². The lowest BCUT2D eigenvalue weighted by molar-refractivity contribution is 0.0925. The predicted molar refractivity (Wildman–Crippen MR) is 71.9 cm³/mol. The van der Waals surface area contributed by atoms with E-state index in [1.54, 1.807) is 6.20 Å². The minimum absolute atomic E-state index is 0.0284. The van der Waals surface area contributed by atoms with E-state index in [-0.39, 0.29) is 5.91 Å². The van der Waals surface area contributed by atoms with Gasteiger partial charge in [-0.1, -0.05) is 0 Å². The van der Waals surface area contributed by atoms with Crippen LogP contribution in [0.15, 0.2) is 24.4 Å². The molecule has 19 heavy (non-hydrogen) atoms. The van der Waals surface area contributed by atoms with Gasteiger partial charge in [0.15, 0.2) is 0 Å². The van der Waals surface area contributed by atoms with Crippen LogP contribution >= 0.6 is 0 Å². The minimum atomic E-state index is 0.0284. The van der Waals surface area contributed by atoms with E-state index in [4.69, 9.17) is 0 Å². The van der Waals surface area contributed by atoms with Crippen molar-refractivity contribution >= 4 is 16.8 Å². The number of hydrogen-bond acceptors (Lipinski definition) is 3. The van der Waals surface area contributed by atoms with Gasteiger partial charge in [-0.05, 0) is 37.0 Å². The van der Waals surface area contributed by atoms with Gasteiger partial charge in [-0.25, -0.2) is 0 Å². The Labute approximate surface area is 110 Å². The molecule has 1 aliphatic carbocycles. The molecule has 1 amide bonds. The van der Waals surface area contributed by atoms with Crippen LogP contribution in [0.25, 0.3) is 10.9 Å². The summed E-state index contributed by atoms with van der Waals surface area (Å²) in [4.78, 5) is 12.3. The van der Waals surface area contributed by atoms with Gasteiger partial charge in [-0.2, -0.15) is 5.10 Å². The molecule has 3 N–H and O–H groups in total. The van der Waals surface area contributed by atoms with Gasteiger partial charge in [0.1, 0.15) is 0 Å². The third-order valence-electron chi connectivity index (χ3n) is 4.38. The Bertz CT molecular complexity index is 635. The molecule has 2 aromatic rings. The quantitative estimate of drug-likeness (QED) is 0.752. The van der Waals surface area contributed by atoms with Crippen molar-refractivity contribution in [2.24, 2.45) is 5.92 Å². The molecule has 4 rings (SSSR count). The van der Waals surface area contributed by atoms with Crippen molar-refractivity contribution in [3.8, 4) is 0 Å². The third kappa shape index (κ3) is 1.81. The van der Waals surface area contributed by atoms with Crippen LogP contribution in [0.1, 0.15) is 23.2 Å². The molecule has 2 fully saturated rings. The second-order valence-electron chi connectivity index (χ2n) is 5.59. The molecule has 1 aromatic carbocycles. The number of rotatable bonds is 2. The number of H-pyrrole nitrogens is 1. The zero-order valence-corrected chi connectivity index (χ0v) is 10.5. The highest BCUT2D eigenvalue weighted by atomic mass is 16.1. The summed E-state index contributed by atoms with van der Waals surface area (Å²) in [7, 11) is 0. The van der Waals surface area contributed by atoms with Crippen molar-refractivity contribution < 1.29 is 4.79 Å². The van der Waals surface area contributed by atoms with Crippen molar-refractivity contribution in [3.63, 3.8) is 0 Å². The van der Waals surface area contributed by atoms with Gasteiger partial charge in [-0.3, -0.25) is 9.89 Å². The molecular weight excluding hydrogens is 240 g/mol. The second kappa shape index (κ2) is 4.06. The number of fused-ring (bicyclic) bond motifs is 3. The van der Waals surface area contributed by atoms with Gasteiger partial charge in [-0.15, -0.1) is 0 Å². The average Bonchev–Trinajstić information content (AvgIpc) is 3.13. The van der Waals surface area contributed by atoms with Crippen LogP contribution in [0, 0.1) is 5.92 Å². The number of nitrogens with zero attached hydrogens (tertiary/aromatic N) is 1. The van der Waals surface area contributed by atoms with Crippen LogP contribution in [0.4, 0.5) is 0 Å². The Kier molecular flexibility index (Phi) is 2.35. The first kappa shape index (κ1) is 11.0. The maximum Gasteiger partial charge on any atom is 0.251 e. The lowest BCUT2D eigenvalue weighted by Gasteiger charge is -2.23. The molecule has 1 aliphatic heterocycles. The van der Waals surface area contributed by atoms with Crippen LogP contribution < -0.4 is 10.6 Å². The number of benzene rings is 1. The van der Waals surface area contributed by atoms with Crippen LogP contribution in [-0.4, -0.2) is 34.7 Å². The zero-order chi connectivity index (χ0) is 12.8. The lowest BCUT2D eigenvalue weighted by atomic mass is 10.0. The van der Waals surface area contributed by atoms with Crippen LogP contribution in [0.3, 0.4) is 0 Å². The summed E-state index contributed by atoms with van der Waals surface area (Å²) < 4.78 is 0. The summed E-state index contributed by atoms with van der Waals surface area (Å²) in [5, 5.41) is 14.5. The summed E-state index contributed by atoms with van der Waals surface area (Å²) >= 11 is 0. The SMILES string of the molecule is O=C(NC1CC2CC1CN2)c1ccc2[nH]ncc2c1. The smallest absolute Gasteiger partial charge is 0.251 e. The van der Waals surface area contributed by atoms with Crippen molar-refractivity contribution in [1.29, 1.82) is 0 Å². The van der Waals surface area contributed by atoms with Crippen molar-refractivity contribution in [2.45, 2.75) is 24.9 Å². The first-order chi connectivity index (χ1) is 9.29. The van der Waals surface area contributed by atoms with Gasteiger partial charge in [0, 0.05) is 29.6 Å². The standard InChI is InChI=1S/C14H16N4O/c19-14(17-13-5-11-4-10(13)6-15-11)8-1-2-12-9(3-8)7-16-18-12/h1-3,7,10-11,13,15H,4-6H2,(H,16,18)(H,17,19). The molecule has 2 heterocycles. The maximum atomic E-state index is 12.3. The van der Waals surface area contributed by atoms with Crippen molar-refractivity contribution in [3.05, 3.63) is 30.0 Å².